The first-order chi connectivity index (χ1) is 63.0. The van der Waals surface area contributed by atoms with Gasteiger partial charge in [-0.25, -0.2) is 39.9 Å². The lowest BCUT2D eigenvalue weighted by Crippen LogP contribution is -2.00. The van der Waals surface area contributed by atoms with Gasteiger partial charge < -0.3 is 13.3 Å². The third-order valence-corrected chi connectivity index (χ3v) is 25.3. The maximum absolute atomic E-state index is 6.79. The molecule has 3 aliphatic rings. The van der Waals surface area contributed by atoms with Gasteiger partial charge in [-0.05, 0) is 143 Å². The van der Waals surface area contributed by atoms with E-state index in [2.05, 4.69) is 261 Å². The van der Waals surface area contributed by atoms with E-state index < -0.39 is 0 Å². The Morgan fingerprint density at radius 1 is 0.150 bits per heavy atom. The third-order valence-electron chi connectivity index (χ3n) is 25.3. The molecule has 25 aromatic rings. The summed E-state index contributed by atoms with van der Waals surface area (Å²) >= 11 is 0. The first-order valence-corrected chi connectivity index (χ1v) is 42.7. The van der Waals surface area contributed by atoms with Crippen molar-refractivity contribution in [3.63, 3.8) is 0 Å². The van der Waals surface area contributed by atoms with Crippen molar-refractivity contribution < 1.29 is 13.3 Å². The van der Waals surface area contributed by atoms with E-state index in [9.17, 15) is 0 Å². The van der Waals surface area contributed by atoms with Gasteiger partial charge in [0.05, 0.1) is 16.8 Å². The molecule has 11 heteroatoms. The van der Waals surface area contributed by atoms with E-state index in [0.717, 1.165) is 144 Å². The van der Waals surface area contributed by atoms with Gasteiger partial charge in [0.2, 0.25) is 0 Å². The van der Waals surface area contributed by atoms with Crippen LogP contribution in [0.15, 0.2) is 414 Å². The fourth-order valence-corrected chi connectivity index (χ4v) is 19.7. The number of hydrogen-bond donors (Lipinski definition) is 0. The van der Waals surface area contributed by atoms with Crippen LogP contribution in [0.1, 0.15) is 0 Å². The molecular weight excluding hydrogens is 1550 g/mol. The predicted octanol–water partition coefficient (Wildman–Crippen LogP) is 30.5. The van der Waals surface area contributed by atoms with Crippen molar-refractivity contribution in [1.29, 1.82) is 0 Å². The Kier molecular flexibility index (Phi) is 16.1. The molecule has 0 fully saturated rings. The SMILES string of the molecule is c1ccc(-c2nc(-c3cc4cccc5c4c4c3oc3cccc(c34)-c3ccccc3-5)nc3ccccc23)cc1.c1ccc(-c2nc(-c3ccccc3)nc(-c3cc4c5c(c3)oc3ccc6cccc(c6c35)-c3ccccc3-4)n2)cc1.c1ccc(-c2nc(-c3ccccc3)nc(-c3cccc(-c4cc5cccc6c5c5c4oc4cccc(c45)-c4ccccc4-6)c3)n2)cc1. The van der Waals surface area contributed by atoms with Crippen molar-refractivity contribution in [3.05, 3.63) is 400 Å². The summed E-state index contributed by atoms with van der Waals surface area (Å²) in [6.07, 6.45) is 0. The van der Waals surface area contributed by atoms with Gasteiger partial charge in [-0.2, -0.15) is 0 Å². The summed E-state index contributed by atoms with van der Waals surface area (Å²) < 4.78 is 20.1. The summed E-state index contributed by atoms with van der Waals surface area (Å²) in [5.74, 6) is 4.47. The minimum absolute atomic E-state index is 0.612. The summed E-state index contributed by atoms with van der Waals surface area (Å²) in [5, 5.41) is 15.2. The average molecular weight is 1620 g/mol. The van der Waals surface area contributed by atoms with Crippen LogP contribution in [0.3, 0.4) is 0 Å². The van der Waals surface area contributed by atoms with Crippen LogP contribution in [0.2, 0.25) is 0 Å². The number of fused-ring (bicyclic) bond motifs is 10. The number of rotatable bonds is 9. The first kappa shape index (κ1) is 71.5. The van der Waals surface area contributed by atoms with E-state index in [-0.39, 0.29) is 0 Å². The number of nitrogens with zero attached hydrogens (tertiary/aromatic N) is 8. The standard InChI is InChI=1S/C43H25N3O.C37H21N3O.C36H20N2O/c1-3-12-26(13-4-1)41-44-42(27-14-5-2-6-15-27)46-43(45-41)30-18-9-16-28(24-30)35-25-29-17-10-21-33-31-19-7-8-20-32(31)34-22-11-23-36-38(34)39(37(29)33)40(35)47-36;1-3-10-23(11-4-1)35-38-36(24-12-5-2-6-13-24)40-37(39-35)25-20-29-27-16-8-7-15-26(27)28-17-9-14-22-18-19-30-34(32(22)28)33(29)31(21-25)41-30;1-2-10-21(11-3-1)34-27-15-6-7-18-29(27)37-36(38-34)28-20-22-12-8-16-25-23-13-4-5-14-24(23)26-17-9-19-30-32(26)33(31(22)25)35(28)39-30/h1-25H;1-21H;1-20H. The Hall–Kier alpha value is -17.3. The molecule has 0 aliphatic heterocycles. The summed E-state index contributed by atoms with van der Waals surface area (Å²) in [7, 11) is 0. The highest BCUT2D eigenvalue weighted by atomic mass is 16.3. The van der Waals surface area contributed by atoms with Gasteiger partial charge in [0.15, 0.2) is 40.8 Å². The molecule has 0 saturated carbocycles. The lowest BCUT2D eigenvalue weighted by atomic mass is 9.91. The Labute approximate surface area is 726 Å². The fourth-order valence-electron chi connectivity index (χ4n) is 19.7. The van der Waals surface area contributed by atoms with Gasteiger partial charge in [-0.15, -0.1) is 0 Å². The summed E-state index contributed by atoms with van der Waals surface area (Å²) in [6.45, 7) is 0. The fraction of sp³-hybridized carbons (Fsp3) is 0. The van der Waals surface area contributed by atoms with Crippen molar-refractivity contribution in [1.82, 2.24) is 39.9 Å². The van der Waals surface area contributed by atoms with E-state index in [1.807, 2.05) is 140 Å². The van der Waals surface area contributed by atoms with Crippen LogP contribution >= 0.6 is 0 Å². The zero-order valence-corrected chi connectivity index (χ0v) is 67.9. The number of aromatic nitrogens is 8. The predicted molar refractivity (Wildman–Crippen MR) is 516 cm³/mol. The zero-order valence-electron chi connectivity index (χ0n) is 67.9. The normalized spacial score (nSPS) is 11.9. The lowest BCUT2D eigenvalue weighted by Gasteiger charge is -2.13. The van der Waals surface area contributed by atoms with Gasteiger partial charge in [0, 0.05) is 98.4 Å². The molecule has 3 aliphatic carbocycles. The molecule has 588 valence electrons. The average Bonchev–Trinajstić information content (AvgIpc) is 1.54. The van der Waals surface area contributed by atoms with E-state index in [4.69, 9.17) is 53.1 Å². The highest BCUT2D eigenvalue weighted by Gasteiger charge is 2.31. The molecule has 0 atom stereocenters. The van der Waals surface area contributed by atoms with Gasteiger partial charge in [-0.3, -0.25) is 0 Å². The van der Waals surface area contributed by atoms with E-state index in [1.165, 1.54) is 93.5 Å². The second kappa shape index (κ2) is 28.7. The van der Waals surface area contributed by atoms with Gasteiger partial charge in [-0.1, -0.05) is 346 Å². The number of hydrogen-bond acceptors (Lipinski definition) is 11. The minimum Gasteiger partial charge on any atom is -0.456 e. The van der Waals surface area contributed by atoms with E-state index in [0.29, 0.717) is 40.8 Å². The van der Waals surface area contributed by atoms with Crippen LogP contribution in [0.5, 0.6) is 0 Å². The van der Waals surface area contributed by atoms with Crippen LogP contribution in [0.4, 0.5) is 0 Å². The molecule has 6 heterocycles. The maximum atomic E-state index is 6.79. The molecule has 0 amide bonds. The Morgan fingerprint density at radius 2 is 0.496 bits per heavy atom. The first-order valence-electron chi connectivity index (χ1n) is 42.7. The molecule has 28 rings (SSSR count). The number of furan rings is 3. The van der Waals surface area contributed by atoms with Crippen molar-refractivity contribution in [2.75, 3.05) is 0 Å². The van der Waals surface area contributed by atoms with Crippen molar-refractivity contribution >= 4 is 109 Å². The van der Waals surface area contributed by atoms with Gasteiger partial charge in [0.1, 0.15) is 33.5 Å². The minimum atomic E-state index is 0.612. The second-order valence-corrected chi connectivity index (χ2v) is 32.5. The third kappa shape index (κ3) is 11.5. The van der Waals surface area contributed by atoms with Crippen LogP contribution < -0.4 is 0 Å². The molecule has 6 aromatic heterocycles. The van der Waals surface area contributed by atoms with E-state index in [1.54, 1.807) is 0 Å². The van der Waals surface area contributed by atoms with Crippen LogP contribution in [-0.2, 0) is 0 Å². The van der Waals surface area contributed by atoms with Crippen molar-refractivity contribution in [3.8, 4) is 169 Å². The van der Waals surface area contributed by atoms with Gasteiger partial charge >= 0.3 is 0 Å². The quantitative estimate of drug-likeness (QED) is 0.136. The summed E-state index contributed by atoms with van der Waals surface area (Å²) in [4.78, 5) is 40.0. The van der Waals surface area contributed by atoms with Crippen molar-refractivity contribution in [2.45, 2.75) is 0 Å². The lowest BCUT2D eigenvalue weighted by molar-refractivity contribution is 0.669. The second-order valence-electron chi connectivity index (χ2n) is 32.5. The molecule has 127 heavy (non-hydrogen) atoms. The smallest absolute Gasteiger partial charge is 0.164 e. The number of para-hydroxylation sites is 1. The molecule has 0 unspecified atom stereocenters. The molecule has 11 nitrogen and oxygen atoms in total. The largest absolute Gasteiger partial charge is 0.456 e. The molecule has 0 N–H and O–H groups in total. The van der Waals surface area contributed by atoms with Gasteiger partial charge in [0.25, 0.3) is 0 Å². The Bertz CT molecular complexity index is 8750. The molecule has 19 aromatic carbocycles. The van der Waals surface area contributed by atoms with Crippen molar-refractivity contribution in [2.24, 2.45) is 0 Å². The highest BCUT2D eigenvalue weighted by Crippen LogP contribution is 2.56. The Morgan fingerprint density at radius 3 is 0.992 bits per heavy atom. The summed E-state index contributed by atoms with van der Waals surface area (Å²) in [5.41, 5.74) is 31.2. The molecule has 0 bridgehead atoms. The van der Waals surface area contributed by atoms with E-state index >= 15 is 0 Å². The molecular formula is C116H66N8O3. The molecule has 0 spiro atoms. The summed E-state index contributed by atoms with van der Waals surface area (Å²) in [6, 6.07) is 139. The molecule has 0 saturated heterocycles. The molecule has 0 radical (unpaired) electrons. The highest BCUT2D eigenvalue weighted by molar-refractivity contribution is 6.34. The maximum Gasteiger partial charge on any atom is 0.164 e. The van der Waals surface area contributed by atoms with Crippen LogP contribution in [0, 0.1) is 0 Å². The zero-order chi connectivity index (χ0) is 83.3. The van der Waals surface area contributed by atoms with Crippen LogP contribution in [0.25, 0.3) is 278 Å². The topological polar surface area (TPSA) is 143 Å². The van der Waals surface area contributed by atoms with Crippen LogP contribution in [-0.4, -0.2) is 39.9 Å². The monoisotopic (exact) mass is 1620 g/mol. The Balaban J connectivity index is 0.000000102. The number of benzene rings is 19.